The van der Waals surface area contributed by atoms with E-state index in [0.717, 1.165) is 18.2 Å². The maximum Gasteiger partial charge on any atom is 0.416 e. The van der Waals surface area contributed by atoms with Gasteiger partial charge in [0.25, 0.3) is 10.0 Å². The number of benzene rings is 2. The van der Waals surface area contributed by atoms with Gasteiger partial charge in [0.05, 0.1) is 27.4 Å². The Hall–Kier alpha value is -3.34. The molecule has 0 aliphatic heterocycles. The Morgan fingerprint density at radius 3 is 2.48 bits per heavy atom. The van der Waals surface area contributed by atoms with Gasteiger partial charge in [0.15, 0.2) is 0 Å². The fourth-order valence-electron chi connectivity index (χ4n) is 2.61. The van der Waals surface area contributed by atoms with Gasteiger partial charge in [-0.2, -0.15) is 18.3 Å². The largest absolute Gasteiger partial charge is 0.478 e. The molecule has 0 saturated carbocycles. The lowest BCUT2D eigenvalue weighted by Crippen LogP contribution is -2.17. The molecule has 0 radical (unpaired) electrons. The van der Waals surface area contributed by atoms with Crippen LogP contribution in [0.15, 0.2) is 59.8 Å². The van der Waals surface area contributed by atoms with Gasteiger partial charge in [0, 0.05) is 12.4 Å². The average Bonchev–Trinajstić information content (AvgIpc) is 3.15. The van der Waals surface area contributed by atoms with Gasteiger partial charge in [-0.05, 0) is 48.9 Å². The number of carboxylic acid groups (broad SMARTS) is 1. The van der Waals surface area contributed by atoms with Gasteiger partial charge in [0.1, 0.15) is 0 Å². The van der Waals surface area contributed by atoms with Crippen LogP contribution in [0.2, 0.25) is 0 Å². The SMILES string of the molecule is Cc1ccc(S(=O)(=O)Nc2cc(C(F)(F)F)ccc2-n2cccn2)cc1C(=O)O. The highest BCUT2D eigenvalue weighted by atomic mass is 32.2. The van der Waals surface area contributed by atoms with Gasteiger partial charge in [0.2, 0.25) is 0 Å². The van der Waals surface area contributed by atoms with E-state index in [1.54, 1.807) is 0 Å². The molecule has 0 saturated heterocycles. The van der Waals surface area contributed by atoms with Gasteiger partial charge in [-0.25, -0.2) is 17.9 Å². The molecule has 0 spiro atoms. The summed E-state index contributed by atoms with van der Waals surface area (Å²) in [6.07, 6.45) is -1.87. The maximum atomic E-state index is 13.1. The first-order chi connectivity index (χ1) is 13.5. The maximum absolute atomic E-state index is 13.1. The second-order valence-corrected chi connectivity index (χ2v) is 7.75. The highest BCUT2D eigenvalue weighted by molar-refractivity contribution is 7.92. The van der Waals surface area contributed by atoms with Crippen molar-refractivity contribution in [1.29, 1.82) is 0 Å². The summed E-state index contributed by atoms with van der Waals surface area (Å²) >= 11 is 0. The van der Waals surface area contributed by atoms with Gasteiger partial charge in [-0.15, -0.1) is 0 Å². The number of aromatic carboxylic acids is 1. The van der Waals surface area contributed by atoms with Crippen molar-refractivity contribution in [2.45, 2.75) is 18.0 Å². The zero-order chi connectivity index (χ0) is 21.4. The van der Waals surface area contributed by atoms with Crippen molar-refractivity contribution in [3.63, 3.8) is 0 Å². The third-order valence-electron chi connectivity index (χ3n) is 4.07. The number of anilines is 1. The number of halogens is 3. The van der Waals surface area contributed by atoms with Crippen LogP contribution in [0.4, 0.5) is 18.9 Å². The van der Waals surface area contributed by atoms with E-state index in [-0.39, 0.29) is 16.9 Å². The van der Waals surface area contributed by atoms with Gasteiger partial charge < -0.3 is 5.11 Å². The molecule has 0 bridgehead atoms. The molecular formula is C18H14F3N3O4S. The smallest absolute Gasteiger partial charge is 0.416 e. The lowest BCUT2D eigenvalue weighted by Gasteiger charge is -2.16. The zero-order valence-electron chi connectivity index (χ0n) is 14.8. The molecule has 0 unspecified atom stereocenters. The van der Waals surface area contributed by atoms with Crippen molar-refractivity contribution in [2.24, 2.45) is 0 Å². The highest BCUT2D eigenvalue weighted by Crippen LogP contribution is 2.34. The van der Waals surface area contributed by atoms with E-state index in [1.807, 2.05) is 0 Å². The van der Waals surface area contributed by atoms with E-state index in [0.29, 0.717) is 11.6 Å². The minimum Gasteiger partial charge on any atom is -0.478 e. The molecule has 0 aliphatic rings. The Balaban J connectivity index is 2.10. The highest BCUT2D eigenvalue weighted by Gasteiger charge is 2.32. The Labute approximate surface area is 163 Å². The summed E-state index contributed by atoms with van der Waals surface area (Å²) in [5.74, 6) is -1.32. The van der Waals surface area contributed by atoms with Gasteiger partial charge in [-0.3, -0.25) is 4.72 Å². The number of alkyl halides is 3. The number of rotatable bonds is 5. The molecule has 0 fully saturated rings. The van der Waals surface area contributed by atoms with E-state index in [9.17, 15) is 31.5 Å². The number of aromatic nitrogens is 2. The second-order valence-electron chi connectivity index (χ2n) is 6.07. The Kier molecular flexibility index (Phi) is 5.09. The summed E-state index contributed by atoms with van der Waals surface area (Å²) in [6.45, 7) is 1.50. The lowest BCUT2D eigenvalue weighted by atomic mass is 10.1. The van der Waals surface area contributed by atoms with Gasteiger partial charge >= 0.3 is 12.1 Å². The molecule has 0 amide bonds. The van der Waals surface area contributed by atoms with Gasteiger partial charge in [-0.1, -0.05) is 6.07 Å². The molecular weight excluding hydrogens is 411 g/mol. The number of sulfonamides is 1. The first-order valence-electron chi connectivity index (χ1n) is 8.07. The molecule has 152 valence electrons. The Bertz CT molecular complexity index is 1170. The number of carbonyl (C=O) groups is 1. The Morgan fingerprint density at radius 1 is 1.17 bits per heavy atom. The van der Waals surface area contributed by atoms with Crippen molar-refractivity contribution in [3.8, 4) is 5.69 Å². The fraction of sp³-hybridized carbons (Fsp3) is 0.111. The third-order valence-corrected chi connectivity index (χ3v) is 5.43. The topological polar surface area (TPSA) is 101 Å². The molecule has 2 aromatic carbocycles. The summed E-state index contributed by atoms with van der Waals surface area (Å²) in [6, 6.07) is 7.50. The van der Waals surface area contributed by atoms with Crippen LogP contribution >= 0.6 is 0 Å². The summed E-state index contributed by atoms with van der Waals surface area (Å²) in [5.41, 5.74) is -1.24. The molecule has 0 atom stereocenters. The second kappa shape index (κ2) is 7.24. The predicted molar refractivity (Wildman–Crippen MR) is 97.5 cm³/mol. The number of nitrogens with one attached hydrogen (secondary N) is 1. The van der Waals surface area contributed by atoms with Crippen molar-refractivity contribution in [1.82, 2.24) is 9.78 Å². The minimum absolute atomic E-state index is 0.0668. The average molecular weight is 425 g/mol. The van der Waals surface area contributed by atoms with Crippen LogP contribution in [0.5, 0.6) is 0 Å². The van der Waals surface area contributed by atoms with E-state index in [2.05, 4.69) is 9.82 Å². The summed E-state index contributed by atoms with van der Waals surface area (Å²) in [5, 5.41) is 13.1. The standard InChI is InChI=1S/C18H14F3N3O4S/c1-11-3-5-13(10-14(11)17(25)26)29(27,28)23-15-9-12(18(19,20)21)4-6-16(15)24-8-2-7-22-24/h2-10,23H,1H3,(H,25,26). The monoisotopic (exact) mass is 425 g/mol. The van der Waals surface area contributed by atoms with Crippen LogP contribution in [0.1, 0.15) is 21.5 Å². The quantitative estimate of drug-likeness (QED) is 0.649. The molecule has 1 heterocycles. The number of aryl methyl sites for hydroxylation is 1. The number of hydrogen-bond acceptors (Lipinski definition) is 4. The molecule has 7 nitrogen and oxygen atoms in total. The predicted octanol–water partition coefficient (Wildman–Crippen LogP) is 3.70. The lowest BCUT2D eigenvalue weighted by molar-refractivity contribution is -0.137. The van der Waals surface area contributed by atoms with E-state index < -0.39 is 32.6 Å². The molecule has 11 heteroatoms. The normalized spacial score (nSPS) is 12.0. The molecule has 0 aliphatic carbocycles. The molecule has 2 N–H and O–H groups in total. The fourth-order valence-corrected chi connectivity index (χ4v) is 3.70. The van der Waals surface area contributed by atoms with Crippen molar-refractivity contribution in [3.05, 3.63) is 71.5 Å². The van der Waals surface area contributed by atoms with Crippen LogP contribution < -0.4 is 4.72 Å². The van der Waals surface area contributed by atoms with Crippen LogP contribution in [0, 0.1) is 6.92 Å². The van der Waals surface area contributed by atoms with Crippen LogP contribution in [-0.2, 0) is 16.2 Å². The summed E-state index contributed by atoms with van der Waals surface area (Å²) in [7, 11) is -4.38. The van der Waals surface area contributed by atoms with Crippen LogP contribution in [0.3, 0.4) is 0 Å². The van der Waals surface area contributed by atoms with E-state index in [4.69, 9.17) is 0 Å². The Morgan fingerprint density at radius 2 is 1.90 bits per heavy atom. The zero-order valence-corrected chi connectivity index (χ0v) is 15.6. The number of hydrogen-bond donors (Lipinski definition) is 2. The molecule has 29 heavy (non-hydrogen) atoms. The number of carboxylic acids is 1. The van der Waals surface area contributed by atoms with Crippen molar-refractivity contribution < 1.29 is 31.5 Å². The summed E-state index contributed by atoms with van der Waals surface area (Å²) in [4.78, 5) is 10.9. The molecule has 1 aromatic heterocycles. The van der Waals surface area contributed by atoms with Crippen molar-refractivity contribution >= 4 is 21.7 Å². The minimum atomic E-state index is -4.69. The van der Waals surface area contributed by atoms with Crippen molar-refractivity contribution in [2.75, 3.05) is 4.72 Å². The van der Waals surface area contributed by atoms with E-state index in [1.165, 1.54) is 42.2 Å². The first kappa shape index (κ1) is 20.4. The summed E-state index contributed by atoms with van der Waals surface area (Å²) < 4.78 is 68.2. The first-order valence-corrected chi connectivity index (χ1v) is 9.55. The molecule has 3 rings (SSSR count). The van der Waals surface area contributed by atoms with Crippen LogP contribution in [0.25, 0.3) is 5.69 Å². The number of nitrogens with zero attached hydrogens (tertiary/aromatic N) is 2. The third kappa shape index (κ3) is 4.24. The molecule has 3 aromatic rings. The van der Waals surface area contributed by atoms with E-state index >= 15 is 0 Å². The van der Waals surface area contributed by atoms with Crippen LogP contribution in [-0.4, -0.2) is 29.3 Å².